The summed E-state index contributed by atoms with van der Waals surface area (Å²) in [6.45, 7) is 2.92. The molecule has 0 aromatic rings. The van der Waals surface area contributed by atoms with Crippen LogP contribution >= 0.6 is 0 Å². The third-order valence-electron chi connectivity index (χ3n) is 4.66. The Morgan fingerprint density at radius 1 is 0.720 bits per heavy atom. The van der Waals surface area contributed by atoms with Crippen LogP contribution in [-0.4, -0.2) is 44.8 Å². The first-order chi connectivity index (χ1) is 11.9. The van der Waals surface area contributed by atoms with E-state index in [1.807, 2.05) is 0 Å². The van der Waals surface area contributed by atoms with Gasteiger partial charge in [0.15, 0.2) is 9.84 Å². The van der Waals surface area contributed by atoms with Crippen molar-refractivity contribution in [2.75, 3.05) is 25.6 Å². The number of rotatable bonds is 17. The van der Waals surface area contributed by atoms with Crippen LogP contribution in [0.2, 0.25) is 0 Å². The third kappa shape index (κ3) is 18.0. The van der Waals surface area contributed by atoms with Crippen LogP contribution < -0.4 is 0 Å². The molecule has 0 aromatic carbocycles. The molecule has 1 amide bonds. The van der Waals surface area contributed by atoms with Gasteiger partial charge in [0.2, 0.25) is 5.91 Å². The van der Waals surface area contributed by atoms with Crippen LogP contribution in [0.4, 0.5) is 0 Å². The van der Waals surface area contributed by atoms with Crippen molar-refractivity contribution >= 4 is 15.7 Å². The summed E-state index contributed by atoms with van der Waals surface area (Å²) >= 11 is 0. The number of hydrogen-bond acceptors (Lipinski definition) is 3. The zero-order valence-corrected chi connectivity index (χ0v) is 17.7. The molecular weight excluding hydrogens is 334 g/mol. The predicted octanol–water partition coefficient (Wildman–Crippen LogP) is 4.97. The fraction of sp³-hybridized carbons (Fsp3) is 0.950. The molecule has 0 radical (unpaired) electrons. The molecule has 0 unspecified atom stereocenters. The monoisotopic (exact) mass is 375 g/mol. The second kappa shape index (κ2) is 15.7. The molecule has 0 aromatic heterocycles. The molecule has 0 aliphatic carbocycles. The number of nitrogens with zero attached hydrogens (tertiary/aromatic N) is 1. The Bertz CT molecular complexity index is 421. The molecule has 150 valence electrons. The molecule has 4 nitrogen and oxygen atoms in total. The van der Waals surface area contributed by atoms with Crippen molar-refractivity contribution in [3.8, 4) is 0 Å². The van der Waals surface area contributed by atoms with Gasteiger partial charge in [-0.3, -0.25) is 4.79 Å². The van der Waals surface area contributed by atoms with Gasteiger partial charge < -0.3 is 4.90 Å². The fourth-order valence-corrected chi connectivity index (χ4v) is 3.67. The van der Waals surface area contributed by atoms with Crippen LogP contribution in [0.5, 0.6) is 0 Å². The molecule has 0 heterocycles. The Balaban J connectivity index is 3.32. The Labute approximate surface area is 156 Å². The highest BCUT2D eigenvalue weighted by Crippen LogP contribution is 2.13. The van der Waals surface area contributed by atoms with Crippen molar-refractivity contribution in [1.82, 2.24) is 4.90 Å². The summed E-state index contributed by atoms with van der Waals surface area (Å²) in [7, 11) is -1.53. The molecule has 0 saturated heterocycles. The van der Waals surface area contributed by atoms with Crippen molar-refractivity contribution in [1.29, 1.82) is 0 Å². The Morgan fingerprint density at radius 3 is 1.44 bits per heavy atom. The van der Waals surface area contributed by atoms with E-state index in [-0.39, 0.29) is 11.7 Å². The highest BCUT2D eigenvalue weighted by Gasteiger charge is 2.14. The van der Waals surface area contributed by atoms with Crippen molar-refractivity contribution in [3.05, 3.63) is 0 Å². The van der Waals surface area contributed by atoms with Crippen LogP contribution in [0.25, 0.3) is 0 Å². The molecule has 0 aliphatic rings. The van der Waals surface area contributed by atoms with Crippen molar-refractivity contribution in [3.63, 3.8) is 0 Å². The van der Waals surface area contributed by atoms with Gasteiger partial charge in [-0.25, -0.2) is 8.42 Å². The summed E-state index contributed by atoms with van der Waals surface area (Å²) in [5, 5.41) is 0. The summed E-state index contributed by atoms with van der Waals surface area (Å²) in [6.07, 6.45) is 19.4. The largest absolute Gasteiger partial charge is 0.345 e. The van der Waals surface area contributed by atoms with Crippen molar-refractivity contribution in [2.45, 2.75) is 96.8 Å². The van der Waals surface area contributed by atoms with E-state index in [0.717, 1.165) is 19.1 Å². The van der Waals surface area contributed by atoms with Crippen LogP contribution in [0.1, 0.15) is 96.8 Å². The summed E-state index contributed by atoms with van der Waals surface area (Å²) in [4.78, 5) is 13.2. The molecule has 0 bridgehead atoms. The predicted molar refractivity (Wildman–Crippen MR) is 108 cm³/mol. The number of sulfone groups is 1. The van der Waals surface area contributed by atoms with Crippen molar-refractivity contribution in [2.24, 2.45) is 0 Å². The third-order valence-corrected chi connectivity index (χ3v) is 5.43. The van der Waals surface area contributed by atoms with Crippen LogP contribution in [0.15, 0.2) is 0 Å². The van der Waals surface area contributed by atoms with E-state index in [4.69, 9.17) is 0 Å². The summed E-state index contributed by atoms with van der Waals surface area (Å²) < 4.78 is 22.2. The minimum absolute atomic E-state index is 0.294. The second-order valence-electron chi connectivity index (χ2n) is 7.48. The lowest BCUT2D eigenvalue weighted by molar-refractivity contribution is -0.127. The number of hydrogen-bond donors (Lipinski definition) is 0. The Hall–Kier alpha value is -0.580. The molecular formula is C20H41NO3S. The van der Waals surface area contributed by atoms with Crippen molar-refractivity contribution < 1.29 is 13.2 Å². The van der Waals surface area contributed by atoms with Gasteiger partial charge in [0, 0.05) is 19.8 Å². The number of carbonyl (C=O) groups excluding carboxylic acids is 1. The van der Waals surface area contributed by atoms with Crippen LogP contribution in [0.3, 0.4) is 0 Å². The van der Waals surface area contributed by atoms with Gasteiger partial charge >= 0.3 is 0 Å². The lowest BCUT2D eigenvalue weighted by atomic mass is 10.0. The maximum atomic E-state index is 11.7. The van der Waals surface area contributed by atoms with Gasteiger partial charge in [-0.2, -0.15) is 0 Å². The van der Waals surface area contributed by atoms with Gasteiger partial charge in [-0.1, -0.05) is 90.4 Å². The number of amides is 1. The van der Waals surface area contributed by atoms with Crippen LogP contribution in [-0.2, 0) is 14.6 Å². The topological polar surface area (TPSA) is 54.5 Å². The highest BCUT2D eigenvalue weighted by molar-refractivity contribution is 7.91. The zero-order chi connectivity index (χ0) is 19.0. The normalized spacial score (nSPS) is 11.6. The highest BCUT2D eigenvalue weighted by atomic mass is 32.2. The summed E-state index contributed by atoms with van der Waals surface area (Å²) in [5.74, 6) is -0.667. The van der Waals surface area contributed by atoms with E-state index in [2.05, 4.69) is 6.92 Å². The van der Waals surface area contributed by atoms with E-state index >= 15 is 0 Å². The van der Waals surface area contributed by atoms with Gasteiger partial charge in [-0.15, -0.1) is 0 Å². The molecule has 0 spiro atoms. The minimum Gasteiger partial charge on any atom is -0.345 e. The Kier molecular flexibility index (Phi) is 15.3. The van der Waals surface area contributed by atoms with Gasteiger partial charge in [0.1, 0.15) is 5.75 Å². The van der Waals surface area contributed by atoms with E-state index < -0.39 is 9.84 Å². The number of unbranched alkanes of at least 4 members (excludes halogenated alkanes) is 13. The quantitative estimate of drug-likeness (QED) is 0.337. The zero-order valence-electron chi connectivity index (χ0n) is 16.9. The molecule has 0 atom stereocenters. The standard InChI is InChI=1S/C20H41NO3S/c1-4-5-6-7-8-9-10-11-12-13-14-15-16-17-18-21(2)20(22)19-25(3,23)24/h4-19H2,1-3H3. The molecule has 25 heavy (non-hydrogen) atoms. The SMILES string of the molecule is CCCCCCCCCCCCCCCCN(C)C(=O)CS(C)(=O)=O. The summed E-state index contributed by atoms with van der Waals surface area (Å²) in [6, 6.07) is 0. The first-order valence-electron chi connectivity index (χ1n) is 10.3. The molecule has 0 aliphatic heterocycles. The lowest BCUT2D eigenvalue weighted by Crippen LogP contribution is -2.32. The van der Waals surface area contributed by atoms with Gasteiger partial charge in [-0.05, 0) is 6.42 Å². The first-order valence-corrected chi connectivity index (χ1v) is 12.3. The molecule has 0 saturated carbocycles. The molecule has 0 N–H and O–H groups in total. The van der Waals surface area contributed by atoms with E-state index in [1.54, 1.807) is 11.9 Å². The summed E-state index contributed by atoms with van der Waals surface area (Å²) in [5.41, 5.74) is 0. The van der Waals surface area contributed by atoms with E-state index in [1.165, 1.54) is 77.0 Å². The molecule has 0 rings (SSSR count). The van der Waals surface area contributed by atoms with E-state index in [9.17, 15) is 13.2 Å². The second-order valence-corrected chi connectivity index (χ2v) is 9.62. The average molecular weight is 376 g/mol. The smallest absolute Gasteiger partial charge is 0.237 e. The first kappa shape index (κ1) is 24.4. The van der Waals surface area contributed by atoms with Crippen LogP contribution in [0, 0.1) is 0 Å². The molecule has 0 fully saturated rings. The van der Waals surface area contributed by atoms with Gasteiger partial charge in [0.05, 0.1) is 0 Å². The van der Waals surface area contributed by atoms with E-state index in [0.29, 0.717) is 6.54 Å². The Morgan fingerprint density at radius 2 is 1.08 bits per heavy atom. The average Bonchev–Trinajstić information content (AvgIpc) is 2.53. The maximum Gasteiger partial charge on any atom is 0.237 e. The number of carbonyl (C=O) groups is 1. The molecule has 5 heteroatoms. The fourth-order valence-electron chi connectivity index (χ4n) is 3.00. The maximum absolute atomic E-state index is 11.7. The minimum atomic E-state index is -3.22. The lowest BCUT2D eigenvalue weighted by Gasteiger charge is -2.16. The van der Waals surface area contributed by atoms with Gasteiger partial charge in [0.25, 0.3) is 0 Å².